The Labute approximate surface area is 116 Å². The Kier molecular flexibility index (Phi) is 4.16. The van der Waals surface area contributed by atoms with Crippen LogP contribution in [-0.2, 0) is 13.0 Å². The Morgan fingerprint density at radius 1 is 0.947 bits per heavy atom. The Bertz CT molecular complexity index is 410. The zero-order valence-corrected chi connectivity index (χ0v) is 11.7. The molecule has 104 valence electrons. The van der Waals surface area contributed by atoms with Crippen LogP contribution in [0.15, 0.2) is 24.3 Å². The molecular formula is C16H25N3. The van der Waals surface area contributed by atoms with Gasteiger partial charge in [-0.05, 0) is 43.5 Å². The minimum Gasteiger partial charge on any atom is -0.328 e. The van der Waals surface area contributed by atoms with E-state index in [0.717, 1.165) is 6.54 Å². The third-order valence-electron chi connectivity index (χ3n) is 4.57. The molecule has 1 aromatic rings. The summed E-state index contributed by atoms with van der Waals surface area (Å²) >= 11 is 0. The Morgan fingerprint density at radius 3 is 2.42 bits per heavy atom. The van der Waals surface area contributed by atoms with Gasteiger partial charge in [-0.1, -0.05) is 24.3 Å². The van der Waals surface area contributed by atoms with Gasteiger partial charge in [-0.3, -0.25) is 4.90 Å². The average molecular weight is 259 g/mol. The van der Waals surface area contributed by atoms with Crippen LogP contribution in [0.25, 0.3) is 0 Å². The second-order valence-electron chi connectivity index (χ2n) is 5.97. The van der Waals surface area contributed by atoms with E-state index in [9.17, 15) is 0 Å². The lowest BCUT2D eigenvalue weighted by Gasteiger charge is -2.34. The molecule has 3 heteroatoms. The molecular weight excluding hydrogens is 234 g/mol. The fourth-order valence-corrected chi connectivity index (χ4v) is 3.20. The lowest BCUT2D eigenvalue weighted by Crippen LogP contribution is -2.43. The normalized spacial score (nSPS) is 22.4. The molecule has 0 radical (unpaired) electrons. The first-order valence-corrected chi connectivity index (χ1v) is 7.58. The first-order chi connectivity index (χ1) is 9.31. The number of hydrogen-bond donors (Lipinski definition) is 1. The van der Waals surface area contributed by atoms with Crippen molar-refractivity contribution >= 4 is 0 Å². The first kappa shape index (κ1) is 13.1. The van der Waals surface area contributed by atoms with Gasteiger partial charge < -0.3 is 10.6 Å². The van der Waals surface area contributed by atoms with E-state index in [4.69, 9.17) is 5.73 Å². The quantitative estimate of drug-likeness (QED) is 0.892. The summed E-state index contributed by atoms with van der Waals surface area (Å²) in [5.74, 6) is 0. The molecule has 0 aliphatic carbocycles. The predicted molar refractivity (Wildman–Crippen MR) is 79.1 cm³/mol. The maximum atomic E-state index is 5.95. The summed E-state index contributed by atoms with van der Waals surface area (Å²) in [6.45, 7) is 7.11. The Balaban J connectivity index is 1.47. The molecule has 3 rings (SSSR count). The van der Waals surface area contributed by atoms with Crippen LogP contribution in [0.3, 0.4) is 0 Å². The molecule has 2 aliphatic heterocycles. The molecule has 1 aromatic carbocycles. The molecule has 1 fully saturated rings. The van der Waals surface area contributed by atoms with Gasteiger partial charge in [0.2, 0.25) is 0 Å². The van der Waals surface area contributed by atoms with Crippen molar-refractivity contribution in [3.8, 4) is 0 Å². The SMILES string of the molecule is NC1CCN(CCN2CCc3ccccc3C2)CC1. The number of rotatable bonds is 3. The monoisotopic (exact) mass is 259 g/mol. The van der Waals surface area contributed by atoms with E-state index >= 15 is 0 Å². The molecule has 0 saturated carbocycles. The molecule has 0 aromatic heterocycles. The van der Waals surface area contributed by atoms with E-state index in [1.54, 1.807) is 5.56 Å². The zero-order chi connectivity index (χ0) is 13.1. The fourth-order valence-electron chi connectivity index (χ4n) is 3.20. The van der Waals surface area contributed by atoms with E-state index < -0.39 is 0 Å². The number of fused-ring (bicyclic) bond motifs is 1. The minimum atomic E-state index is 0.443. The maximum Gasteiger partial charge on any atom is 0.0237 e. The molecule has 2 N–H and O–H groups in total. The van der Waals surface area contributed by atoms with Crippen molar-refractivity contribution in [2.24, 2.45) is 5.73 Å². The predicted octanol–water partition coefficient (Wildman–Crippen LogP) is 1.47. The molecule has 19 heavy (non-hydrogen) atoms. The number of piperidine rings is 1. The molecule has 0 unspecified atom stereocenters. The molecule has 0 spiro atoms. The van der Waals surface area contributed by atoms with Crippen molar-refractivity contribution in [2.75, 3.05) is 32.7 Å². The van der Waals surface area contributed by atoms with Gasteiger partial charge in [0.05, 0.1) is 0 Å². The fraction of sp³-hybridized carbons (Fsp3) is 0.625. The van der Waals surface area contributed by atoms with Crippen molar-refractivity contribution in [3.05, 3.63) is 35.4 Å². The van der Waals surface area contributed by atoms with Gasteiger partial charge in [0.1, 0.15) is 0 Å². The molecule has 2 heterocycles. The van der Waals surface area contributed by atoms with Gasteiger partial charge in [-0.15, -0.1) is 0 Å². The van der Waals surface area contributed by atoms with Crippen LogP contribution in [0.1, 0.15) is 24.0 Å². The summed E-state index contributed by atoms with van der Waals surface area (Å²) in [5, 5.41) is 0. The van der Waals surface area contributed by atoms with Crippen molar-refractivity contribution in [1.82, 2.24) is 9.80 Å². The van der Waals surface area contributed by atoms with Gasteiger partial charge in [-0.2, -0.15) is 0 Å². The number of nitrogens with two attached hydrogens (primary N) is 1. The lowest BCUT2D eigenvalue weighted by molar-refractivity contribution is 0.166. The van der Waals surface area contributed by atoms with Gasteiger partial charge in [-0.25, -0.2) is 0 Å². The van der Waals surface area contributed by atoms with Gasteiger partial charge in [0.15, 0.2) is 0 Å². The number of benzene rings is 1. The Hall–Kier alpha value is -0.900. The van der Waals surface area contributed by atoms with Gasteiger partial charge in [0, 0.05) is 32.2 Å². The summed E-state index contributed by atoms with van der Waals surface area (Å²) in [7, 11) is 0. The zero-order valence-electron chi connectivity index (χ0n) is 11.7. The molecule has 0 atom stereocenters. The van der Waals surface area contributed by atoms with E-state index in [2.05, 4.69) is 34.1 Å². The highest BCUT2D eigenvalue weighted by molar-refractivity contribution is 5.28. The highest BCUT2D eigenvalue weighted by Crippen LogP contribution is 2.18. The van der Waals surface area contributed by atoms with Crippen molar-refractivity contribution < 1.29 is 0 Å². The third-order valence-corrected chi connectivity index (χ3v) is 4.57. The highest BCUT2D eigenvalue weighted by Gasteiger charge is 2.19. The van der Waals surface area contributed by atoms with Crippen molar-refractivity contribution in [1.29, 1.82) is 0 Å². The standard InChI is InChI=1S/C16H25N3/c17-16-6-9-18(10-7-16)11-12-19-8-5-14-3-1-2-4-15(14)13-19/h1-4,16H,5-13,17H2. The summed E-state index contributed by atoms with van der Waals surface area (Å²) in [5.41, 5.74) is 9.02. The molecule has 2 aliphatic rings. The number of nitrogens with zero attached hydrogens (tertiary/aromatic N) is 2. The largest absolute Gasteiger partial charge is 0.328 e. The maximum absolute atomic E-state index is 5.95. The molecule has 0 amide bonds. The van der Waals surface area contributed by atoms with E-state index in [0.29, 0.717) is 6.04 Å². The third kappa shape index (κ3) is 3.35. The molecule has 0 bridgehead atoms. The van der Waals surface area contributed by atoms with Gasteiger partial charge in [0.25, 0.3) is 0 Å². The van der Waals surface area contributed by atoms with Crippen LogP contribution < -0.4 is 5.73 Å². The van der Waals surface area contributed by atoms with Crippen LogP contribution in [0, 0.1) is 0 Å². The van der Waals surface area contributed by atoms with Crippen LogP contribution in [-0.4, -0.2) is 48.6 Å². The van der Waals surface area contributed by atoms with Gasteiger partial charge >= 0.3 is 0 Å². The van der Waals surface area contributed by atoms with E-state index in [1.165, 1.54) is 57.5 Å². The van der Waals surface area contributed by atoms with Crippen LogP contribution in [0.2, 0.25) is 0 Å². The van der Waals surface area contributed by atoms with Crippen LogP contribution in [0.4, 0.5) is 0 Å². The summed E-state index contributed by atoms with van der Waals surface area (Å²) in [6.07, 6.45) is 3.55. The highest BCUT2D eigenvalue weighted by atomic mass is 15.2. The summed E-state index contributed by atoms with van der Waals surface area (Å²) in [6, 6.07) is 9.32. The topological polar surface area (TPSA) is 32.5 Å². The van der Waals surface area contributed by atoms with Crippen LogP contribution >= 0.6 is 0 Å². The van der Waals surface area contributed by atoms with Crippen molar-refractivity contribution in [2.45, 2.75) is 31.8 Å². The average Bonchev–Trinajstić information content (AvgIpc) is 2.46. The number of likely N-dealkylation sites (tertiary alicyclic amines) is 1. The van der Waals surface area contributed by atoms with E-state index in [1.807, 2.05) is 0 Å². The smallest absolute Gasteiger partial charge is 0.0237 e. The Morgan fingerprint density at radius 2 is 1.63 bits per heavy atom. The first-order valence-electron chi connectivity index (χ1n) is 7.58. The summed E-state index contributed by atoms with van der Waals surface area (Å²) in [4.78, 5) is 5.17. The van der Waals surface area contributed by atoms with Crippen molar-refractivity contribution in [3.63, 3.8) is 0 Å². The number of hydrogen-bond acceptors (Lipinski definition) is 3. The lowest BCUT2D eigenvalue weighted by atomic mass is 10.00. The molecule has 3 nitrogen and oxygen atoms in total. The minimum absolute atomic E-state index is 0.443. The second-order valence-corrected chi connectivity index (χ2v) is 5.97. The molecule has 1 saturated heterocycles. The summed E-state index contributed by atoms with van der Waals surface area (Å²) < 4.78 is 0. The second kappa shape index (κ2) is 6.04. The van der Waals surface area contributed by atoms with E-state index in [-0.39, 0.29) is 0 Å². The van der Waals surface area contributed by atoms with Crippen LogP contribution in [0.5, 0.6) is 0 Å².